The monoisotopic (exact) mass is 410 g/mol. The minimum atomic E-state index is -0.916. The molecule has 8 nitrogen and oxygen atoms in total. The molecule has 0 aliphatic carbocycles. The predicted molar refractivity (Wildman–Crippen MR) is 109 cm³/mol. The number of carbonyl (C=O) groups is 3. The number of rotatable bonds is 9. The maximum absolute atomic E-state index is 12.2. The number of benzene rings is 2. The van der Waals surface area contributed by atoms with Crippen molar-refractivity contribution in [3.8, 4) is 5.75 Å². The summed E-state index contributed by atoms with van der Waals surface area (Å²) in [5.41, 5.74) is 1.78. The number of aromatic nitrogens is 1. The summed E-state index contributed by atoms with van der Waals surface area (Å²) in [5.74, 6) is -1.38. The van der Waals surface area contributed by atoms with Crippen LogP contribution in [0.5, 0.6) is 5.75 Å². The van der Waals surface area contributed by atoms with E-state index < -0.39 is 30.5 Å². The van der Waals surface area contributed by atoms with Gasteiger partial charge in [0.1, 0.15) is 11.8 Å². The Bertz CT molecular complexity index is 1010. The van der Waals surface area contributed by atoms with Gasteiger partial charge in [-0.05, 0) is 23.8 Å². The highest BCUT2D eigenvalue weighted by Gasteiger charge is 2.23. The first kappa shape index (κ1) is 20.9. The van der Waals surface area contributed by atoms with Crippen LogP contribution in [0.4, 0.5) is 0 Å². The average Bonchev–Trinajstić information content (AvgIpc) is 3.19. The van der Waals surface area contributed by atoms with E-state index in [0.29, 0.717) is 5.75 Å². The van der Waals surface area contributed by atoms with E-state index in [-0.39, 0.29) is 13.0 Å². The second-order valence-electron chi connectivity index (χ2n) is 6.47. The third-order valence-corrected chi connectivity index (χ3v) is 4.38. The lowest BCUT2D eigenvalue weighted by Crippen LogP contribution is -2.44. The Morgan fingerprint density at radius 1 is 1.00 bits per heavy atom. The number of amides is 1. The van der Waals surface area contributed by atoms with Gasteiger partial charge in [0.25, 0.3) is 5.91 Å². The molecule has 0 spiro atoms. The molecule has 30 heavy (non-hydrogen) atoms. The van der Waals surface area contributed by atoms with Crippen molar-refractivity contribution in [3.63, 3.8) is 0 Å². The average molecular weight is 410 g/mol. The summed E-state index contributed by atoms with van der Waals surface area (Å²) in [5, 5.41) is 3.50. The van der Waals surface area contributed by atoms with Gasteiger partial charge in [-0.1, -0.05) is 36.4 Å². The number of ether oxygens (including phenoxy) is 3. The molecule has 2 N–H and O–H groups in total. The molecule has 156 valence electrons. The second kappa shape index (κ2) is 10.1. The van der Waals surface area contributed by atoms with Crippen LogP contribution >= 0.6 is 0 Å². The van der Waals surface area contributed by atoms with Crippen molar-refractivity contribution in [3.05, 3.63) is 66.4 Å². The Morgan fingerprint density at radius 2 is 1.73 bits per heavy atom. The first-order chi connectivity index (χ1) is 14.6. The van der Waals surface area contributed by atoms with E-state index in [0.717, 1.165) is 16.5 Å². The molecule has 0 aliphatic rings. The number of nitrogens with one attached hydrogen (secondary N) is 2. The van der Waals surface area contributed by atoms with E-state index >= 15 is 0 Å². The zero-order chi connectivity index (χ0) is 21.3. The van der Waals surface area contributed by atoms with Crippen LogP contribution in [0.2, 0.25) is 0 Å². The lowest BCUT2D eigenvalue weighted by molar-refractivity contribution is -0.151. The highest BCUT2D eigenvalue weighted by atomic mass is 16.6. The fourth-order valence-corrected chi connectivity index (χ4v) is 2.94. The standard InChI is InChI=1S/C22H22N2O6/c1-28-22(27)19(11-15-12-23-18-10-6-5-9-17(15)18)24-20(25)13-30-21(26)14-29-16-7-3-2-4-8-16/h2-10,12,19,23H,11,13-14H2,1H3,(H,24,25)/t19-/m1/s1. The Morgan fingerprint density at radius 3 is 2.50 bits per heavy atom. The molecule has 0 fully saturated rings. The number of aromatic amines is 1. The van der Waals surface area contributed by atoms with Crippen molar-refractivity contribution < 1.29 is 28.6 Å². The molecule has 1 atom stereocenters. The van der Waals surface area contributed by atoms with E-state index in [2.05, 4.69) is 10.3 Å². The minimum absolute atomic E-state index is 0.230. The lowest BCUT2D eigenvalue weighted by atomic mass is 10.0. The molecule has 1 aromatic heterocycles. The van der Waals surface area contributed by atoms with Gasteiger partial charge in [-0.25, -0.2) is 9.59 Å². The van der Waals surface area contributed by atoms with Gasteiger partial charge in [-0.2, -0.15) is 0 Å². The number of para-hydroxylation sites is 2. The fourth-order valence-electron chi connectivity index (χ4n) is 2.94. The molecule has 0 unspecified atom stereocenters. The number of H-pyrrole nitrogens is 1. The van der Waals surface area contributed by atoms with E-state index in [1.165, 1.54) is 7.11 Å². The van der Waals surface area contributed by atoms with Gasteiger partial charge in [-0.3, -0.25) is 4.79 Å². The summed E-state index contributed by atoms with van der Waals surface area (Å²) < 4.78 is 15.0. The Hall–Kier alpha value is -3.81. The quantitative estimate of drug-likeness (QED) is 0.523. The first-order valence-electron chi connectivity index (χ1n) is 9.32. The van der Waals surface area contributed by atoms with Gasteiger partial charge in [-0.15, -0.1) is 0 Å². The molecular weight excluding hydrogens is 388 g/mol. The smallest absolute Gasteiger partial charge is 0.344 e. The maximum atomic E-state index is 12.2. The Balaban J connectivity index is 1.52. The number of fused-ring (bicyclic) bond motifs is 1. The molecule has 8 heteroatoms. The number of methoxy groups -OCH3 is 1. The molecule has 0 saturated carbocycles. The Kier molecular flexibility index (Phi) is 7.05. The molecule has 3 aromatic rings. The lowest BCUT2D eigenvalue weighted by Gasteiger charge is -2.16. The summed E-state index contributed by atoms with van der Waals surface area (Å²) in [6.07, 6.45) is 2.02. The summed E-state index contributed by atoms with van der Waals surface area (Å²) in [6, 6.07) is 15.5. The first-order valence-corrected chi connectivity index (χ1v) is 9.32. The zero-order valence-electron chi connectivity index (χ0n) is 16.4. The van der Waals surface area contributed by atoms with Crippen molar-refractivity contribution >= 4 is 28.7 Å². The van der Waals surface area contributed by atoms with Crippen LogP contribution in [0.3, 0.4) is 0 Å². The van der Waals surface area contributed by atoms with E-state index in [4.69, 9.17) is 14.2 Å². The molecular formula is C22H22N2O6. The van der Waals surface area contributed by atoms with E-state index in [9.17, 15) is 14.4 Å². The van der Waals surface area contributed by atoms with Gasteiger partial charge >= 0.3 is 11.9 Å². The molecule has 1 amide bonds. The Labute approximate surface area is 173 Å². The van der Waals surface area contributed by atoms with Crippen LogP contribution in [0.1, 0.15) is 5.56 Å². The number of esters is 2. The molecule has 0 aliphatic heterocycles. The molecule has 3 rings (SSSR count). The van der Waals surface area contributed by atoms with Crippen LogP contribution in [0, 0.1) is 0 Å². The van der Waals surface area contributed by atoms with Crippen LogP contribution in [-0.2, 0) is 30.3 Å². The highest BCUT2D eigenvalue weighted by Crippen LogP contribution is 2.19. The SMILES string of the molecule is COC(=O)[C@@H](Cc1c[nH]c2ccccc12)NC(=O)COC(=O)COc1ccccc1. The molecule has 0 saturated heterocycles. The molecule has 1 heterocycles. The minimum Gasteiger partial charge on any atom is -0.482 e. The van der Waals surface area contributed by atoms with Gasteiger partial charge in [0.2, 0.25) is 0 Å². The highest BCUT2D eigenvalue weighted by molar-refractivity contribution is 5.88. The van der Waals surface area contributed by atoms with Crippen LogP contribution < -0.4 is 10.1 Å². The van der Waals surface area contributed by atoms with Crippen molar-refractivity contribution in [1.29, 1.82) is 0 Å². The largest absolute Gasteiger partial charge is 0.482 e. The van der Waals surface area contributed by atoms with Crippen LogP contribution in [-0.4, -0.2) is 49.2 Å². The number of hydrogen-bond acceptors (Lipinski definition) is 6. The van der Waals surface area contributed by atoms with Crippen LogP contribution in [0.25, 0.3) is 10.9 Å². The summed E-state index contributed by atoms with van der Waals surface area (Å²) >= 11 is 0. The molecule has 2 aromatic carbocycles. The topological polar surface area (TPSA) is 107 Å². The third kappa shape index (κ3) is 5.60. The maximum Gasteiger partial charge on any atom is 0.344 e. The summed E-state index contributed by atoms with van der Waals surface area (Å²) in [7, 11) is 1.25. The number of carbonyl (C=O) groups excluding carboxylic acids is 3. The third-order valence-electron chi connectivity index (χ3n) is 4.38. The van der Waals surface area contributed by atoms with Crippen molar-refractivity contribution in [2.24, 2.45) is 0 Å². The normalized spacial score (nSPS) is 11.5. The van der Waals surface area contributed by atoms with Crippen molar-refractivity contribution in [1.82, 2.24) is 10.3 Å². The fraction of sp³-hybridized carbons (Fsp3) is 0.227. The van der Waals surface area contributed by atoms with Crippen molar-refractivity contribution in [2.75, 3.05) is 20.3 Å². The predicted octanol–water partition coefficient (Wildman–Crippen LogP) is 1.99. The van der Waals surface area contributed by atoms with Crippen LogP contribution in [0.15, 0.2) is 60.8 Å². The number of hydrogen-bond donors (Lipinski definition) is 2. The van der Waals surface area contributed by atoms with E-state index in [1.807, 2.05) is 30.3 Å². The van der Waals surface area contributed by atoms with Crippen molar-refractivity contribution in [2.45, 2.75) is 12.5 Å². The zero-order valence-corrected chi connectivity index (χ0v) is 16.4. The van der Waals surface area contributed by atoms with E-state index in [1.54, 1.807) is 30.5 Å². The molecule has 0 bridgehead atoms. The van der Waals surface area contributed by atoms with Gasteiger partial charge in [0.15, 0.2) is 13.2 Å². The van der Waals surface area contributed by atoms with Gasteiger partial charge < -0.3 is 24.5 Å². The van der Waals surface area contributed by atoms with Gasteiger partial charge in [0.05, 0.1) is 7.11 Å². The summed E-state index contributed by atoms with van der Waals surface area (Å²) in [4.78, 5) is 39.2. The van der Waals surface area contributed by atoms with Gasteiger partial charge in [0, 0.05) is 23.5 Å². The summed E-state index contributed by atoms with van der Waals surface area (Å²) in [6.45, 7) is -0.856. The molecule has 0 radical (unpaired) electrons. The second-order valence-corrected chi connectivity index (χ2v) is 6.47.